The molecule has 1 amide bonds. The van der Waals surface area contributed by atoms with Crippen molar-refractivity contribution in [3.05, 3.63) is 70.9 Å². The zero-order chi connectivity index (χ0) is 21.1. The number of carbonyl (C=O) groups is 1. The molecule has 0 saturated heterocycles. The summed E-state index contributed by atoms with van der Waals surface area (Å²) < 4.78 is 16.7. The smallest absolute Gasteiger partial charge is 0.225 e. The number of amides is 1. The van der Waals surface area contributed by atoms with Gasteiger partial charge in [-0.3, -0.25) is 4.79 Å². The Morgan fingerprint density at radius 3 is 2.67 bits per heavy atom. The van der Waals surface area contributed by atoms with Gasteiger partial charge >= 0.3 is 0 Å². The molecule has 4 rings (SSSR count). The van der Waals surface area contributed by atoms with Gasteiger partial charge < -0.3 is 19.5 Å². The summed E-state index contributed by atoms with van der Waals surface area (Å²) in [6.07, 6.45) is 2.05. The molecule has 2 aromatic carbocycles. The number of rotatable bonds is 7. The van der Waals surface area contributed by atoms with Gasteiger partial charge in [0.2, 0.25) is 5.91 Å². The van der Waals surface area contributed by atoms with Gasteiger partial charge in [-0.2, -0.15) is 0 Å². The van der Waals surface area contributed by atoms with Crippen molar-refractivity contribution in [3.63, 3.8) is 0 Å². The van der Waals surface area contributed by atoms with E-state index in [1.165, 1.54) is 0 Å². The van der Waals surface area contributed by atoms with E-state index >= 15 is 0 Å². The predicted octanol–water partition coefficient (Wildman–Crippen LogP) is 5.47. The van der Waals surface area contributed by atoms with E-state index in [1.54, 1.807) is 31.6 Å². The minimum atomic E-state index is -0.110. The average molecular weight is 422 g/mol. The number of carbonyl (C=O) groups excluding carboxylic acids is 1. The summed E-state index contributed by atoms with van der Waals surface area (Å²) in [4.78, 5) is 13.8. The van der Waals surface area contributed by atoms with E-state index in [9.17, 15) is 4.79 Å². The first-order valence-electron chi connectivity index (χ1n) is 9.62. The second-order valence-corrected chi connectivity index (χ2v) is 7.81. The monoisotopic (exact) mass is 421 g/mol. The quantitative estimate of drug-likeness (QED) is 0.514. The number of benzene rings is 2. The normalized spacial score (nSPS) is 15.1. The van der Waals surface area contributed by atoms with Crippen molar-refractivity contribution in [2.24, 2.45) is 0 Å². The highest BCUT2D eigenvalue weighted by Crippen LogP contribution is 2.49. The maximum absolute atomic E-state index is 12.7. The molecule has 1 unspecified atom stereocenters. The Bertz CT molecular complexity index is 1070. The molecular weight excluding hydrogens is 398 g/mol. The van der Waals surface area contributed by atoms with Crippen LogP contribution < -0.4 is 19.5 Å². The molecule has 5 nitrogen and oxygen atoms in total. The number of anilines is 1. The van der Waals surface area contributed by atoms with Crippen molar-refractivity contribution < 1.29 is 19.0 Å². The van der Waals surface area contributed by atoms with Crippen molar-refractivity contribution in [2.75, 3.05) is 26.1 Å². The third-order valence-electron chi connectivity index (χ3n) is 5.14. The molecule has 30 heavy (non-hydrogen) atoms. The Balaban J connectivity index is 1.79. The summed E-state index contributed by atoms with van der Waals surface area (Å²) in [5, 5.41) is 5.17. The van der Waals surface area contributed by atoms with Crippen LogP contribution in [0.1, 0.15) is 22.8 Å². The Morgan fingerprint density at radius 1 is 1.17 bits per heavy atom. The highest BCUT2D eigenvalue weighted by molar-refractivity contribution is 7.11. The summed E-state index contributed by atoms with van der Waals surface area (Å²) in [5.41, 5.74) is 3.84. The van der Waals surface area contributed by atoms with Crippen LogP contribution in [-0.2, 0) is 4.79 Å². The first kappa shape index (κ1) is 20.0. The van der Waals surface area contributed by atoms with Crippen LogP contribution in [0.3, 0.4) is 0 Å². The van der Waals surface area contributed by atoms with Crippen molar-refractivity contribution >= 4 is 22.9 Å². The van der Waals surface area contributed by atoms with Crippen LogP contribution in [0.5, 0.6) is 17.2 Å². The second-order valence-electron chi connectivity index (χ2n) is 6.90. The molecule has 3 aromatic rings. The maximum atomic E-state index is 12.7. The summed E-state index contributed by atoms with van der Waals surface area (Å²) in [6, 6.07) is 13.6. The molecule has 1 N–H and O–H groups in total. The number of fused-ring (bicyclic) bond motifs is 1. The molecule has 2 heterocycles. The fourth-order valence-corrected chi connectivity index (χ4v) is 4.88. The van der Waals surface area contributed by atoms with Crippen LogP contribution in [0.15, 0.2) is 60.5 Å². The van der Waals surface area contributed by atoms with Gasteiger partial charge in [-0.05, 0) is 23.8 Å². The molecule has 1 aliphatic heterocycles. The highest BCUT2D eigenvalue weighted by Gasteiger charge is 2.33. The number of hydrogen-bond donors (Lipinski definition) is 1. The SMILES string of the molecule is C=CCOc1c(OC)cccc1C1CC(=O)Nc2c(-c3ccc(OC)cc3)csc21. The van der Waals surface area contributed by atoms with Gasteiger partial charge in [0.1, 0.15) is 12.4 Å². The van der Waals surface area contributed by atoms with Gasteiger partial charge in [0.25, 0.3) is 0 Å². The fraction of sp³-hybridized carbons (Fsp3) is 0.208. The van der Waals surface area contributed by atoms with Gasteiger partial charge in [0, 0.05) is 33.7 Å². The minimum Gasteiger partial charge on any atom is -0.497 e. The largest absolute Gasteiger partial charge is 0.497 e. The van der Waals surface area contributed by atoms with Gasteiger partial charge in [0.15, 0.2) is 11.5 Å². The van der Waals surface area contributed by atoms with Gasteiger partial charge in [-0.25, -0.2) is 0 Å². The molecule has 1 atom stereocenters. The van der Waals surface area contributed by atoms with Crippen LogP contribution in [0, 0.1) is 0 Å². The van der Waals surface area contributed by atoms with Crippen molar-refractivity contribution in [2.45, 2.75) is 12.3 Å². The van der Waals surface area contributed by atoms with Gasteiger partial charge in [-0.1, -0.05) is 36.9 Å². The molecule has 6 heteroatoms. The average Bonchev–Trinajstić information content (AvgIpc) is 3.20. The lowest BCUT2D eigenvalue weighted by Crippen LogP contribution is -2.23. The fourth-order valence-electron chi connectivity index (χ4n) is 3.73. The zero-order valence-electron chi connectivity index (χ0n) is 16.9. The third kappa shape index (κ3) is 3.66. The highest BCUT2D eigenvalue weighted by atomic mass is 32.1. The molecule has 1 aromatic heterocycles. The van der Waals surface area contributed by atoms with E-state index in [4.69, 9.17) is 14.2 Å². The Morgan fingerprint density at radius 2 is 1.97 bits per heavy atom. The number of hydrogen-bond acceptors (Lipinski definition) is 5. The molecule has 0 fully saturated rings. The van der Waals surface area contributed by atoms with E-state index in [0.717, 1.165) is 33.0 Å². The van der Waals surface area contributed by atoms with Crippen LogP contribution >= 0.6 is 11.3 Å². The number of methoxy groups -OCH3 is 2. The van der Waals surface area contributed by atoms with Crippen LogP contribution in [-0.4, -0.2) is 26.7 Å². The van der Waals surface area contributed by atoms with E-state index < -0.39 is 0 Å². The Labute approximate surface area is 179 Å². The Kier molecular flexibility index (Phi) is 5.77. The predicted molar refractivity (Wildman–Crippen MR) is 120 cm³/mol. The zero-order valence-corrected chi connectivity index (χ0v) is 17.8. The molecule has 0 spiro atoms. The van der Waals surface area contributed by atoms with Crippen molar-refractivity contribution in [1.29, 1.82) is 0 Å². The van der Waals surface area contributed by atoms with Gasteiger partial charge in [0.05, 0.1) is 19.9 Å². The molecule has 1 aliphatic rings. The van der Waals surface area contributed by atoms with Crippen molar-refractivity contribution in [3.8, 4) is 28.4 Å². The molecule has 154 valence electrons. The van der Waals surface area contributed by atoms with E-state index in [-0.39, 0.29) is 11.8 Å². The topological polar surface area (TPSA) is 56.8 Å². The molecular formula is C24H23NO4S. The first-order valence-corrected chi connectivity index (χ1v) is 10.5. The summed E-state index contributed by atoms with van der Waals surface area (Å²) in [5.74, 6) is 1.97. The Hall–Kier alpha value is -3.25. The van der Waals surface area contributed by atoms with Crippen LogP contribution in [0.2, 0.25) is 0 Å². The standard InChI is InChI=1S/C24H23NO4S/c1-4-12-29-23-17(6-5-7-20(23)28-3)18-13-21(26)25-22-19(14-30-24(18)22)15-8-10-16(27-2)11-9-15/h4-11,14,18H,1,12-13H2,2-3H3,(H,25,26). The van der Waals surface area contributed by atoms with E-state index in [1.807, 2.05) is 42.5 Å². The van der Waals surface area contributed by atoms with Gasteiger partial charge in [-0.15, -0.1) is 11.3 Å². The van der Waals surface area contributed by atoms with E-state index in [0.29, 0.717) is 24.5 Å². The molecule has 0 radical (unpaired) electrons. The molecule has 0 saturated carbocycles. The molecule has 0 bridgehead atoms. The number of ether oxygens (including phenoxy) is 3. The number of nitrogens with one attached hydrogen (secondary N) is 1. The third-order valence-corrected chi connectivity index (χ3v) is 6.24. The first-order chi connectivity index (χ1) is 14.7. The lowest BCUT2D eigenvalue weighted by Gasteiger charge is -2.26. The van der Waals surface area contributed by atoms with Crippen molar-refractivity contribution in [1.82, 2.24) is 0 Å². The second kappa shape index (κ2) is 8.63. The molecule has 0 aliphatic carbocycles. The minimum absolute atomic E-state index is 0.0156. The van der Waals surface area contributed by atoms with Crippen LogP contribution in [0.4, 0.5) is 5.69 Å². The summed E-state index contributed by atoms with van der Waals surface area (Å²) in [6.45, 7) is 4.10. The number of thiophene rings is 1. The lowest BCUT2D eigenvalue weighted by molar-refractivity contribution is -0.116. The summed E-state index contributed by atoms with van der Waals surface area (Å²) in [7, 11) is 3.26. The number of para-hydroxylation sites is 1. The lowest BCUT2D eigenvalue weighted by atomic mass is 9.88. The maximum Gasteiger partial charge on any atom is 0.225 e. The van der Waals surface area contributed by atoms with Crippen LogP contribution in [0.25, 0.3) is 11.1 Å². The summed E-state index contributed by atoms with van der Waals surface area (Å²) >= 11 is 1.65. The van der Waals surface area contributed by atoms with E-state index in [2.05, 4.69) is 17.3 Å².